The van der Waals surface area contributed by atoms with E-state index < -0.39 is 0 Å². The zero-order valence-corrected chi connectivity index (χ0v) is 16.1. The van der Waals surface area contributed by atoms with Crippen LogP contribution in [0, 0.1) is 0 Å². The predicted octanol–water partition coefficient (Wildman–Crippen LogP) is 4.22. The fraction of sp³-hybridized carbons (Fsp3) is 0.200. The molecule has 0 aliphatic heterocycles. The van der Waals surface area contributed by atoms with E-state index in [0.717, 1.165) is 16.0 Å². The lowest BCUT2D eigenvalue weighted by atomic mass is 10.3. The number of carbonyl (C=O) groups is 1. The molecule has 0 aliphatic rings. The van der Waals surface area contributed by atoms with Gasteiger partial charge in [0, 0.05) is 6.20 Å². The van der Waals surface area contributed by atoms with Gasteiger partial charge >= 0.3 is 0 Å². The van der Waals surface area contributed by atoms with E-state index in [-0.39, 0.29) is 11.6 Å². The molecule has 0 saturated carbocycles. The standard InChI is InChI=1S/C15H13BrN4O2S2/c1-3-22-8-4-5-10-11(6-8)24-15(18-10)20-13(21)12-9(16)7-17-14(19-12)23-2/h4-7H,3H2,1-2H3,(H,18,20,21). The number of benzene rings is 1. The number of thioether (sulfide) groups is 1. The fourth-order valence-electron chi connectivity index (χ4n) is 1.98. The minimum Gasteiger partial charge on any atom is -0.494 e. The number of rotatable bonds is 5. The Morgan fingerprint density at radius 2 is 2.25 bits per heavy atom. The molecule has 9 heteroatoms. The molecule has 0 aliphatic carbocycles. The molecule has 1 aromatic carbocycles. The van der Waals surface area contributed by atoms with Gasteiger partial charge in [0.25, 0.3) is 5.91 Å². The summed E-state index contributed by atoms with van der Waals surface area (Å²) in [6, 6.07) is 5.65. The molecule has 2 heterocycles. The van der Waals surface area contributed by atoms with Gasteiger partial charge in [0.15, 0.2) is 10.3 Å². The van der Waals surface area contributed by atoms with E-state index >= 15 is 0 Å². The van der Waals surface area contributed by atoms with Crippen LogP contribution in [0.1, 0.15) is 17.4 Å². The molecular weight excluding hydrogens is 412 g/mol. The van der Waals surface area contributed by atoms with Crippen molar-refractivity contribution in [1.82, 2.24) is 15.0 Å². The Bertz CT molecular complexity index is 900. The van der Waals surface area contributed by atoms with Crippen LogP contribution in [0.2, 0.25) is 0 Å². The normalized spacial score (nSPS) is 10.8. The van der Waals surface area contributed by atoms with E-state index in [2.05, 4.69) is 36.2 Å². The zero-order chi connectivity index (χ0) is 17.1. The lowest BCUT2D eigenvalue weighted by Crippen LogP contribution is -2.15. The highest BCUT2D eigenvalue weighted by atomic mass is 79.9. The summed E-state index contributed by atoms with van der Waals surface area (Å²) in [6.45, 7) is 2.54. The highest BCUT2D eigenvalue weighted by molar-refractivity contribution is 9.10. The maximum atomic E-state index is 12.5. The Labute approximate surface area is 155 Å². The van der Waals surface area contributed by atoms with Crippen molar-refractivity contribution in [2.45, 2.75) is 12.1 Å². The molecule has 3 rings (SSSR count). The number of thiazole rings is 1. The lowest BCUT2D eigenvalue weighted by Gasteiger charge is -2.04. The van der Waals surface area contributed by atoms with E-state index in [1.165, 1.54) is 23.1 Å². The molecule has 0 fully saturated rings. The van der Waals surface area contributed by atoms with Crippen molar-refractivity contribution in [3.8, 4) is 5.75 Å². The van der Waals surface area contributed by atoms with Crippen LogP contribution in [0.4, 0.5) is 5.13 Å². The number of ether oxygens (including phenoxy) is 1. The summed E-state index contributed by atoms with van der Waals surface area (Å²) in [4.78, 5) is 25.2. The van der Waals surface area contributed by atoms with Gasteiger partial charge in [-0.25, -0.2) is 15.0 Å². The molecule has 0 radical (unpaired) electrons. The third-order valence-electron chi connectivity index (χ3n) is 3.01. The molecule has 2 aromatic heterocycles. The molecule has 0 saturated heterocycles. The van der Waals surface area contributed by atoms with Crippen molar-refractivity contribution in [2.24, 2.45) is 0 Å². The average molecular weight is 425 g/mol. The highest BCUT2D eigenvalue weighted by Crippen LogP contribution is 2.30. The Morgan fingerprint density at radius 1 is 1.42 bits per heavy atom. The zero-order valence-electron chi connectivity index (χ0n) is 12.9. The van der Waals surface area contributed by atoms with Crippen molar-refractivity contribution in [3.63, 3.8) is 0 Å². The van der Waals surface area contributed by atoms with Crippen LogP contribution in [0.3, 0.4) is 0 Å². The number of nitrogens with zero attached hydrogens (tertiary/aromatic N) is 3. The Kier molecular flexibility index (Phi) is 5.32. The number of aromatic nitrogens is 3. The Morgan fingerprint density at radius 3 is 3.00 bits per heavy atom. The first-order valence-electron chi connectivity index (χ1n) is 7.02. The topological polar surface area (TPSA) is 77.0 Å². The summed E-state index contributed by atoms with van der Waals surface area (Å²) in [5, 5.41) is 3.84. The van der Waals surface area contributed by atoms with Gasteiger partial charge in [-0.3, -0.25) is 10.1 Å². The van der Waals surface area contributed by atoms with Crippen LogP contribution in [0.25, 0.3) is 10.2 Å². The van der Waals surface area contributed by atoms with Gasteiger partial charge in [-0.05, 0) is 47.3 Å². The van der Waals surface area contributed by atoms with Crippen molar-refractivity contribution < 1.29 is 9.53 Å². The molecule has 0 atom stereocenters. The van der Waals surface area contributed by atoms with Crippen LogP contribution >= 0.6 is 39.0 Å². The summed E-state index contributed by atoms with van der Waals surface area (Å²) in [7, 11) is 0. The van der Waals surface area contributed by atoms with Gasteiger partial charge in [0.05, 0.1) is 21.3 Å². The smallest absolute Gasteiger partial charge is 0.277 e. The van der Waals surface area contributed by atoms with E-state index in [1.807, 2.05) is 31.4 Å². The molecule has 6 nitrogen and oxygen atoms in total. The van der Waals surface area contributed by atoms with Gasteiger partial charge in [-0.1, -0.05) is 23.1 Å². The first-order valence-corrected chi connectivity index (χ1v) is 9.85. The third kappa shape index (κ3) is 3.68. The van der Waals surface area contributed by atoms with E-state index in [4.69, 9.17) is 4.74 Å². The number of carbonyl (C=O) groups excluding carboxylic acids is 1. The van der Waals surface area contributed by atoms with Crippen molar-refractivity contribution in [2.75, 3.05) is 18.2 Å². The number of nitrogens with one attached hydrogen (secondary N) is 1. The first-order chi connectivity index (χ1) is 11.6. The monoisotopic (exact) mass is 424 g/mol. The lowest BCUT2D eigenvalue weighted by molar-refractivity contribution is 0.102. The molecule has 0 bridgehead atoms. The van der Waals surface area contributed by atoms with Gasteiger partial charge in [-0.15, -0.1) is 0 Å². The van der Waals surface area contributed by atoms with Crippen LogP contribution < -0.4 is 10.1 Å². The number of anilines is 1. The van der Waals surface area contributed by atoms with Crippen LogP contribution in [0.15, 0.2) is 34.0 Å². The Hall–Kier alpha value is -1.71. The molecular formula is C15H13BrN4O2S2. The number of fused-ring (bicyclic) bond motifs is 1. The van der Waals surface area contributed by atoms with E-state index in [1.54, 1.807) is 6.20 Å². The molecule has 1 amide bonds. The maximum Gasteiger partial charge on any atom is 0.277 e. The number of amides is 1. The summed E-state index contributed by atoms with van der Waals surface area (Å²) < 4.78 is 6.97. The van der Waals surface area contributed by atoms with Crippen molar-refractivity contribution in [3.05, 3.63) is 34.6 Å². The van der Waals surface area contributed by atoms with Crippen LogP contribution in [0.5, 0.6) is 5.75 Å². The second-order valence-corrected chi connectivity index (χ2v) is 7.25. The highest BCUT2D eigenvalue weighted by Gasteiger charge is 2.16. The second-order valence-electron chi connectivity index (χ2n) is 4.59. The van der Waals surface area contributed by atoms with Crippen molar-refractivity contribution >= 4 is 60.3 Å². The second kappa shape index (κ2) is 7.45. The third-order valence-corrected chi connectivity index (χ3v) is 5.09. The van der Waals surface area contributed by atoms with Gasteiger partial charge in [0.1, 0.15) is 11.4 Å². The number of hydrogen-bond donors (Lipinski definition) is 1. The minimum absolute atomic E-state index is 0.281. The van der Waals surface area contributed by atoms with Gasteiger partial charge < -0.3 is 4.74 Å². The number of halogens is 1. The van der Waals surface area contributed by atoms with Crippen molar-refractivity contribution in [1.29, 1.82) is 0 Å². The minimum atomic E-state index is -0.330. The average Bonchev–Trinajstić information content (AvgIpc) is 2.97. The molecule has 0 spiro atoms. The van der Waals surface area contributed by atoms with Crippen LogP contribution in [-0.4, -0.2) is 33.7 Å². The quantitative estimate of drug-likeness (QED) is 0.487. The fourth-order valence-corrected chi connectivity index (χ4v) is 3.58. The molecule has 0 unspecified atom stereocenters. The van der Waals surface area contributed by atoms with Crippen LogP contribution in [-0.2, 0) is 0 Å². The SMILES string of the molecule is CCOc1ccc2nc(NC(=O)c3nc(SC)ncc3Br)sc2c1. The first kappa shape index (κ1) is 17.1. The molecule has 1 N–H and O–H groups in total. The van der Waals surface area contributed by atoms with Gasteiger partial charge in [0.2, 0.25) is 0 Å². The van der Waals surface area contributed by atoms with Gasteiger partial charge in [-0.2, -0.15) is 0 Å². The number of hydrogen-bond acceptors (Lipinski definition) is 7. The summed E-state index contributed by atoms with van der Waals surface area (Å²) in [6.07, 6.45) is 3.43. The molecule has 24 heavy (non-hydrogen) atoms. The molecule has 124 valence electrons. The Balaban J connectivity index is 1.85. The molecule has 3 aromatic rings. The van der Waals surface area contributed by atoms with E-state index in [9.17, 15) is 4.79 Å². The maximum absolute atomic E-state index is 12.5. The predicted molar refractivity (Wildman–Crippen MR) is 100 cm³/mol. The summed E-state index contributed by atoms with van der Waals surface area (Å²) in [5.41, 5.74) is 1.09. The summed E-state index contributed by atoms with van der Waals surface area (Å²) in [5.74, 6) is 0.457. The largest absolute Gasteiger partial charge is 0.494 e. The van der Waals surface area contributed by atoms with E-state index in [0.29, 0.717) is 21.4 Å². The summed E-state index contributed by atoms with van der Waals surface area (Å²) >= 11 is 6.07.